The fourth-order valence-electron chi connectivity index (χ4n) is 2.24. The van der Waals surface area contributed by atoms with E-state index in [0.29, 0.717) is 27.4 Å². The molecule has 0 aliphatic rings. The van der Waals surface area contributed by atoms with Gasteiger partial charge in [-0.1, -0.05) is 46.3 Å². The number of nitrogen functional groups attached to an aromatic ring is 1. The Hall–Kier alpha value is -2.14. The van der Waals surface area contributed by atoms with E-state index in [0.717, 1.165) is 5.56 Å². The normalized spacial score (nSPS) is 10.8. The summed E-state index contributed by atoms with van der Waals surface area (Å²) in [4.78, 5) is 4.52. The number of hydrogen-bond donors (Lipinski definition) is 1. The van der Waals surface area contributed by atoms with Gasteiger partial charge in [-0.25, -0.2) is 9.37 Å². The topological polar surface area (TPSA) is 43.8 Å². The number of rotatable bonds is 2. The average molecular weight is 346 g/mol. The van der Waals surface area contributed by atoms with Gasteiger partial charge in [-0.3, -0.25) is 0 Å². The second-order valence-electron chi connectivity index (χ2n) is 4.72. The summed E-state index contributed by atoms with van der Waals surface area (Å²) in [6, 6.07) is 14.5. The van der Waals surface area contributed by atoms with E-state index in [1.165, 1.54) is 6.07 Å². The molecule has 2 aromatic carbocycles. The van der Waals surface area contributed by atoms with E-state index in [4.69, 9.17) is 5.73 Å². The molecule has 106 valence electrons. The van der Waals surface area contributed by atoms with Gasteiger partial charge in [0.25, 0.3) is 0 Å². The fourth-order valence-corrected chi connectivity index (χ4v) is 2.57. The number of benzene rings is 2. The van der Waals surface area contributed by atoms with E-state index in [9.17, 15) is 4.39 Å². The molecule has 0 saturated carbocycles. The molecule has 0 unspecified atom stereocenters. The van der Waals surface area contributed by atoms with Crippen LogP contribution in [0.5, 0.6) is 0 Å². The summed E-state index contributed by atoms with van der Waals surface area (Å²) in [5.41, 5.74) is 7.90. The molecule has 0 saturated heterocycles. The van der Waals surface area contributed by atoms with Gasteiger partial charge in [-0.2, -0.15) is 0 Å². The predicted molar refractivity (Wildman–Crippen MR) is 86.2 cm³/mol. The van der Waals surface area contributed by atoms with Crippen LogP contribution in [-0.4, -0.2) is 9.55 Å². The quantitative estimate of drug-likeness (QED) is 0.754. The molecule has 0 bridgehead atoms. The molecule has 2 N–H and O–H groups in total. The molecular weight excluding hydrogens is 333 g/mol. The first-order chi connectivity index (χ1) is 10.1. The van der Waals surface area contributed by atoms with Crippen molar-refractivity contribution in [2.45, 2.75) is 0 Å². The van der Waals surface area contributed by atoms with E-state index in [1.807, 2.05) is 37.4 Å². The smallest absolute Gasteiger partial charge is 0.142 e. The number of nitrogens with zero attached hydrogens (tertiary/aromatic N) is 2. The third kappa shape index (κ3) is 2.45. The standard InChI is InChI=1S/C16H13BrFN3/c1-21-15(19)14(12-8-7-11(17)9-13(12)18)20-16(21)10-5-3-2-4-6-10/h2-9H,19H2,1H3. The van der Waals surface area contributed by atoms with Gasteiger partial charge in [-0.15, -0.1) is 0 Å². The first kappa shape index (κ1) is 13.8. The highest BCUT2D eigenvalue weighted by molar-refractivity contribution is 9.10. The first-order valence-corrected chi connectivity index (χ1v) is 7.20. The van der Waals surface area contributed by atoms with Gasteiger partial charge >= 0.3 is 0 Å². The SMILES string of the molecule is Cn1c(-c2ccccc2)nc(-c2ccc(Br)cc2F)c1N. The Kier molecular flexibility index (Phi) is 3.51. The van der Waals surface area contributed by atoms with Crippen molar-refractivity contribution in [2.24, 2.45) is 7.05 Å². The van der Waals surface area contributed by atoms with E-state index in [-0.39, 0.29) is 5.82 Å². The Labute approximate surface area is 130 Å². The highest BCUT2D eigenvalue weighted by Crippen LogP contribution is 2.32. The van der Waals surface area contributed by atoms with Gasteiger partial charge in [0.15, 0.2) is 0 Å². The van der Waals surface area contributed by atoms with Crippen molar-refractivity contribution in [3.63, 3.8) is 0 Å². The minimum atomic E-state index is -0.353. The summed E-state index contributed by atoms with van der Waals surface area (Å²) in [7, 11) is 1.82. The Morgan fingerprint density at radius 3 is 2.52 bits per heavy atom. The third-order valence-electron chi connectivity index (χ3n) is 3.36. The molecule has 1 aromatic heterocycles. The lowest BCUT2D eigenvalue weighted by atomic mass is 10.1. The monoisotopic (exact) mass is 345 g/mol. The lowest BCUT2D eigenvalue weighted by molar-refractivity contribution is 0.630. The summed E-state index contributed by atoms with van der Waals surface area (Å²) in [5, 5.41) is 0. The van der Waals surface area contributed by atoms with Crippen LogP contribution in [-0.2, 0) is 7.05 Å². The average Bonchev–Trinajstić information content (AvgIpc) is 2.77. The maximum absolute atomic E-state index is 14.1. The van der Waals surface area contributed by atoms with Crippen molar-refractivity contribution < 1.29 is 4.39 Å². The third-order valence-corrected chi connectivity index (χ3v) is 3.85. The number of halogens is 2. The summed E-state index contributed by atoms with van der Waals surface area (Å²) in [6.07, 6.45) is 0. The summed E-state index contributed by atoms with van der Waals surface area (Å²) >= 11 is 3.25. The second-order valence-corrected chi connectivity index (χ2v) is 5.63. The van der Waals surface area contributed by atoms with Crippen molar-refractivity contribution in [3.05, 3.63) is 58.8 Å². The van der Waals surface area contributed by atoms with Crippen LogP contribution in [0.15, 0.2) is 53.0 Å². The Morgan fingerprint density at radius 2 is 1.86 bits per heavy atom. The van der Waals surface area contributed by atoms with Gasteiger partial charge in [-0.05, 0) is 18.2 Å². The molecule has 0 spiro atoms. The number of imidazole rings is 1. The van der Waals surface area contributed by atoms with E-state index in [1.54, 1.807) is 16.7 Å². The van der Waals surface area contributed by atoms with Crippen LogP contribution in [0.4, 0.5) is 10.2 Å². The molecule has 3 rings (SSSR count). The largest absolute Gasteiger partial charge is 0.383 e. The number of anilines is 1. The maximum Gasteiger partial charge on any atom is 0.142 e. The van der Waals surface area contributed by atoms with Crippen LogP contribution in [0, 0.1) is 5.82 Å². The lowest BCUT2D eigenvalue weighted by Crippen LogP contribution is -1.99. The molecule has 0 aliphatic heterocycles. The molecule has 5 heteroatoms. The number of nitrogens with two attached hydrogens (primary N) is 1. The van der Waals surface area contributed by atoms with Gasteiger partial charge in [0, 0.05) is 22.6 Å². The molecule has 0 fully saturated rings. The van der Waals surface area contributed by atoms with E-state index < -0.39 is 0 Å². The van der Waals surface area contributed by atoms with Crippen molar-refractivity contribution >= 4 is 21.7 Å². The van der Waals surface area contributed by atoms with Crippen molar-refractivity contribution in [3.8, 4) is 22.6 Å². The van der Waals surface area contributed by atoms with Crippen LogP contribution in [0.1, 0.15) is 0 Å². The zero-order valence-corrected chi connectivity index (χ0v) is 12.9. The van der Waals surface area contributed by atoms with Crippen molar-refractivity contribution in [1.82, 2.24) is 9.55 Å². The Bertz CT molecular complexity index is 797. The maximum atomic E-state index is 14.1. The van der Waals surface area contributed by atoms with E-state index in [2.05, 4.69) is 20.9 Å². The van der Waals surface area contributed by atoms with Crippen molar-refractivity contribution in [2.75, 3.05) is 5.73 Å². The Balaban J connectivity index is 2.17. The Morgan fingerprint density at radius 1 is 1.14 bits per heavy atom. The molecule has 0 aliphatic carbocycles. The first-order valence-electron chi connectivity index (χ1n) is 6.41. The van der Waals surface area contributed by atoms with Crippen LogP contribution in [0.25, 0.3) is 22.6 Å². The van der Waals surface area contributed by atoms with Gasteiger partial charge < -0.3 is 10.3 Å². The second kappa shape index (κ2) is 5.33. The molecule has 0 amide bonds. The fraction of sp³-hybridized carbons (Fsp3) is 0.0625. The van der Waals surface area contributed by atoms with Crippen molar-refractivity contribution in [1.29, 1.82) is 0 Å². The van der Waals surface area contributed by atoms with Gasteiger partial charge in [0.2, 0.25) is 0 Å². The molecule has 1 heterocycles. The molecular formula is C16H13BrFN3. The van der Waals surface area contributed by atoms with Gasteiger partial charge in [0.05, 0.1) is 0 Å². The number of aromatic nitrogens is 2. The lowest BCUT2D eigenvalue weighted by Gasteiger charge is -2.03. The van der Waals surface area contributed by atoms with Crippen LogP contribution < -0.4 is 5.73 Å². The highest BCUT2D eigenvalue weighted by atomic mass is 79.9. The van der Waals surface area contributed by atoms with Crippen LogP contribution in [0.2, 0.25) is 0 Å². The summed E-state index contributed by atoms with van der Waals surface area (Å²) in [6.45, 7) is 0. The molecule has 3 aromatic rings. The van der Waals surface area contributed by atoms with E-state index >= 15 is 0 Å². The zero-order chi connectivity index (χ0) is 15.0. The summed E-state index contributed by atoms with van der Waals surface area (Å²) in [5.74, 6) is 0.800. The van der Waals surface area contributed by atoms with Crippen LogP contribution >= 0.6 is 15.9 Å². The molecule has 3 nitrogen and oxygen atoms in total. The van der Waals surface area contributed by atoms with Gasteiger partial charge in [0.1, 0.15) is 23.2 Å². The minimum Gasteiger partial charge on any atom is -0.383 e. The van der Waals surface area contributed by atoms with Crippen LogP contribution in [0.3, 0.4) is 0 Å². The highest BCUT2D eigenvalue weighted by Gasteiger charge is 2.17. The summed E-state index contributed by atoms with van der Waals surface area (Å²) < 4.78 is 16.6. The minimum absolute atomic E-state index is 0.353. The number of hydrogen-bond acceptors (Lipinski definition) is 2. The molecule has 21 heavy (non-hydrogen) atoms. The predicted octanol–water partition coefficient (Wildman–Crippen LogP) is 4.24. The molecule has 0 atom stereocenters. The molecule has 0 radical (unpaired) electrons. The zero-order valence-electron chi connectivity index (χ0n) is 11.3.